The minimum atomic E-state index is -0.498. The van der Waals surface area contributed by atoms with Gasteiger partial charge < -0.3 is 14.4 Å². The van der Waals surface area contributed by atoms with Gasteiger partial charge in [0.1, 0.15) is 5.60 Å². The molecule has 1 aliphatic heterocycles. The van der Waals surface area contributed by atoms with Crippen LogP contribution in [0, 0.1) is 11.3 Å². The summed E-state index contributed by atoms with van der Waals surface area (Å²) in [5.74, 6) is -0.644. The minimum Gasteiger partial charge on any atom is -0.469 e. The standard InChI is InChI=1S/C22H28N2O4/c1-22(2,3)28-21(26)24-13-11-18(12-14-24)16-5-7-17(8-6-16)19(15-23)9-10-20(25)27-4/h5-8,11,19H,9-10,12-14H2,1-4H3. The second kappa shape index (κ2) is 9.41. The van der Waals surface area contributed by atoms with Gasteiger partial charge in [-0.15, -0.1) is 0 Å². The van der Waals surface area contributed by atoms with Crippen LogP contribution in [0.5, 0.6) is 0 Å². The number of nitriles is 1. The molecule has 0 saturated heterocycles. The summed E-state index contributed by atoms with van der Waals surface area (Å²) in [4.78, 5) is 25.1. The smallest absolute Gasteiger partial charge is 0.410 e. The first-order chi connectivity index (χ1) is 13.2. The molecule has 1 unspecified atom stereocenters. The van der Waals surface area contributed by atoms with E-state index >= 15 is 0 Å². The van der Waals surface area contributed by atoms with Crippen molar-refractivity contribution in [3.8, 4) is 6.07 Å². The maximum atomic E-state index is 12.2. The van der Waals surface area contributed by atoms with Gasteiger partial charge in [0.15, 0.2) is 0 Å². The molecule has 0 aromatic heterocycles. The second-order valence-corrected chi connectivity index (χ2v) is 7.82. The van der Waals surface area contributed by atoms with Crippen LogP contribution in [0.25, 0.3) is 5.57 Å². The van der Waals surface area contributed by atoms with Crippen LogP contribution < -0.4 is 0 Å². The van der Waals surface area contributed by atoms with Gasteiger partial charge in [0.2, 0.25) is 0 Å². The van der Waals surface area contributed by atoms with E-state index in [1.165, 1.54) is 12.7 Å². The molecule has 2 rings (SSSR count). The zero-order valence-electron chi connectivity index (χ0n) is 17.0. The zero-order chi connectivity index (χ0) is 20.7. The fraction of sp³-hybridized carbons (Fsp3) is 0.500. The summed E-state index contributed by atoms with van der Waals surface area (Å²) in [7, 11) is 1.35. The number of ether oxygens (including phenoxy) is 2. The van der Waals surface area contributed by atoms with Gasteiger partial charge in [-0.1, -0.05) is 30.3 Å². The zero-order valence-corrected chi connectivity index (χ0v) is 17.0. The lowest BCUT2D eigenvalue weighted by Crippen LogP contribution is -2.39. The molecular weight excluding hydrogens is 356 g/mol. The predicted molar refractivity (Wildman–Crippen MR) is 106 cm³/mol. The molecule has 0 radical (unpaired) electrons. The Bertz CT molecular complexity index is 769. The Hall–Kier alpha value is -2.81. The maximum Gasteiger partial charge on any atom is 0.410 e. The number of nitrogens with zero attached hydrogens (tertiary/aromatic N) is 2. The van der Waals surface area contributed by atoms with E-state index in [1.807, 2.05) is 51.1 Å². The number of carbonyl (C=O) groups is 2. The molecule has 6 heteroatoms. The fourth-order valence-electron chi connectivity index (χ4n) is 3.02. The predicted octanol–water partition coefficient (Wildman–Crippen LogP) is 4.27. The highest BCUT2D eigenvalue weighted by Crippen LogP contribution is 2.27. The summed E-state index contributed by atoms with van der Waals surface area (Å²) < 4.78 is 10.1. The van der Waals surface area contributed by atoms with E-state index in [4.69, 9.17) is 4.74 Å². The number of hydrogen-bond donors (Lipinski definition) is 0. The van der Waals surface area contributed by atoms with Crippen molar-refractivity contribution < 1.29 is 19.1 Å². The SMILES string of the molecule is COC(=O)CCC(C#N)c1ccc(C2=CCN(C(=O)OC(C)(C)C)CC2)cc1. The number of esters is 1. The van der Waals surface area contributed by atoms with Crippen molar-refractivity contribution in [3.63, 3.8) is 0 Å². The largest absolute Gasteiger partial charge is 0.469 e. The van der Waals surface area contributed by atoms with Crippen LogP contribution >= 0.6 is 0 Å². The normalized spacial score (nSPS) is 15.2. The molecule has 0 saturated carbocycles. The lowest BCUT2D eigenvalue weighted by atomic mass is 9.92. The van der Waals surface area contributed by atoms with Gasteiger partial charge in [-0.2, -0.15) is 5.26 Å². The van der Waals surface area contributed by atoms with Crippen LogP contribution in [0.15, 0.2) is 30.3 Å². The van der Waals surface area contributed by atoms with Crippen LogP contribution in [0.1, 0.15) is 57.1 Å². The molecule has 1 aromatic rings. The number of benzene rings is 1. The fourth-order valence-corrected chi connectivity index (χ4v) is 3.02. The van der Waals surface area contributed by atoms with Crippen LogP contribution in [0.4, 0.5) is 4.79 Å². The number of amides is 1. The van der Waals surface area contributed by atoms with Crippen LogP contribution in [0.3, 0.4) is 0 Å². The molecular formula is C22H28N2O4. The van der Waals surface area contributed by atoms with E-state index in [-0.39, 0.29) is 24.4 Å². The Balaban J connectivity index is 1.99. The molecule has 6 nitrogen and oxygen atoms in total. The van der Waals surface area contributed by atoms with Crippen molar-refractivity contribution in [2.45, 2.75) is 51.6 Å². The van der Waals surface area contributed by atoms with E-state index in [1.54, 1.807) is 4.90 Å². The molecule has 0 spiro atoms. The van der Waals surface area contributed by atoms with Gasteiger partial charge in [0.25, 0.3) is 0 Å². The molecule has 1 amide bonds. The second-order valence-electron chi connectivity index (χ2n) is 7.82. The molecule has 1 heterocycles. The van der Waals surface area contributed by atoms with Gasteiger partial charge in [-0.05, 0) is 50.3 Å². The first kappa shape index (κ1) is 21.5. The third-order valence-electron chi connectivity index (χ3n) is 4.57. The number of carbonyl (C=O) groups excluding carboxylic acids is 2. The third kappa shape index (κ3) is 6.12. The van der Waals surface area contributed by atoms with E-state index in [2.05, 4.69) is 10.8 Å². The van der Waals surface area contributed by atoms with Crippen molar-refractivity contribution in [2.75, 3.05) is 20.2 Å². The number of hydrogen-bond acceptors (Lipinski definition) is 5. The molecule has 0 N–H and O–H groups in total. The van der Waals surface area contributed by atoms with Gasteiger partial charge in [0.05, 0.1) is 19.1 Å². The summed E-state index contributed by atoms with van der Waals surface area (Å²) in [6.45, 7) is 6.71. The van der Waals surface area contributed by atoms with Crippen molar-refractivity contribution in [1.29, 1.82) is 5.26 Å². The average Bonchev–Trinajstić information content (AvgIpc) is 2.67. The summed E-state index contributed by atoms with van der Waals surface area (Å²) in [6.07, 6.45) is 3.17. The molecule has 1 atom stereocenters. The van der Waals surface area contributed by atoms with E-state index in [0.29, 0.717) is 19.5 Å². The van der Waals surface area contributed by atoms with Crippen LogP contribution in [-0.2, 0) is 14.3 Å². The molecule has 0 aliphatic carbocycles. The van der Waals surface area contributed by atoms with Crippen LogP contribution in [-0.4, -0.2) is 42.8 Å². The monoisotopic (exact) mass is 384 g/mol. The molecule has 28 heavy (non-hydrogen) atoms. The van der Waals surface area contributed by atoms with Crippen molar-refractivity contribution in [3.05, 3.63) is 41.5 Å². The summed E-state index contributed by atoms with van der Waals surface area (Å²) in [5.41, 5.74) is 2.65. The Kier molecular flexibility index (Phi) is 7.22. The molecule has 1 aromatic carbocycles. The van der Waals surface area contributed by atoms with Crippen molar-refractivity contribution in [2.24, 2.45) is 0 Å². The summed E-state index contributed by atoms with van der Waals surface area (Å²) in [5, 5.41) is 9.38. The Morgan fingerprint density at radius 2 is 1.93 bits per heavy atom. The average molecular weight is 384 g/mol. The Morgan fingerprint density at radius 3 is 2.43 bits per heavy atom. The lowest BCUT2D eigenvalue weighted by Gasteiger charge is -2.29. The molecule has 150 valence electrons. The topological polar surface area (TPSA) is 79.6 Å². The van der Waals surface area contributed by atoms with E-state index in [9.17, 15) is 14.9 Å². The van der Waals surface area contributed by atoms with Crippen molar-refractivity contribution >= 4 is 17.6 Å². The Labute approximate surface area is 166 Å². The van der Waals surface area contributed by atoms with Gasteiger partial charge in [0, 0.05) is 19.5 Å². The first-order valence-corrected chi connectivity index (χ1v) is 9.47. The third-order valence-corrected chi connectivity index (χ3v) is 4.57. The van der Waals surface area contributed by atoms with E-state index < -0.39 is 5.60 Å². The lowest BCUT2D eigenvalue weighted by molar-refractivity contribution is -0.140. The quantitative estimate of drug-likeness (QED) is 0.708. The van der Waals surface area contributed by atoms with Gasteiger partial charge in [-0.3, -0.25) is 4.79 Å². The Morgan fingerprint density at radius 1 is 1.25 bits per heavy atom. The molecule has 1 aliphatic rings. The molecule has 0 bridgehead atoms. The maximum absolute atomic E-state index is 12.2. The van der Waals surface area contributed by atoms with Gasteiger partial charge in [-0.25, -0.2) is 4.79 Å². The highest BCUT2D eigenvalue weighted by molar-refractivity contribution is 5.73. The number of rotatable bonds is 5. The first-order valence-electron chi connectivity index (χ1n) is 9.47. The molecule has 0 fully saturated rings. The summed E-state index contributed by atoms with van der Waals surface area (Å²) >= 11 is 0. The van der Waals surface area contributed by atoms with Gasteiger partial charge >= 0.3 is 12.1 Å². The highest BCUT2D eigenvalue weighted by atomic mass is 16.6. The van der Waals surface area contributed by atoms with Crippen LogP contribution in [0.2, 0.25) is 0 Å². The van der Waals surface area contributed by atoms with E-state index in [0.717, 1.165) is 17.5 Å². The highest BCUT2D eigenvalue weighted by Gasteiger charge is 2.24. The number of methoxy groups -OCH3 is 1. The van der Waals surface area contributed by atoms with Crippen molar-refractivity contribution in [1.82, 2.24) is 4.90 Å². The minimum absolute atomic E-state index is 0.224. The summed E-state index contributed by atoms with van der Waals surface area (Å²) in [6, 6.07) is 10.1.